The molecule has 0 radical (unpaired) electrons. The monoisotopic (exact) mass is 215 g/mol. The van der Waals surface area contributed by atoms with E-state index >= 15 is 0 Å². The van der Waals surface area contributed by atoms with Crippen LogP contribution in [-0.4, -0.2) is 49.1 Å². The molecule has 0 aromatic heterocycles. The predicted octanol–water partition coefficient (Wildman–Crippen LogP) is -1.56. The third kappa shape index (κ3) is 3.17. The lowest BCUT2D eigenvalue weighted by Crippen LogP contribution is -2.45. The number of primary amides is 1. The van der Waals surface area contributed by atoms with E-state index in [0.29, 0.717) is 26.1 Å². The van der Waals surface area contributed by atoms with Crippen LogP contribution < -0.4 is 11.5 Å². The Hall–Kier alpha value is -1.14. The molecule has 0 aromatic rings. The van der Waals surface area contributed by atoms with Gasteiger partial charge in [-0.15, -0.1) is 0 Å². The zero-order valence-electron chi connectivity index (χ0n) is 8.65. The van der Waals surface area contributed by atoms with E-state index in [2.05, 4.69) is 0 Å². The Kier molecular flexibility index (Phi) is 4.51. The second-order valence-corrected chi connectivity index (χ2v) is 3.49. The lowest BCUT2D eigenvalue weighted by Gasteiger charge is -2.21. The summed E-state index contributed by atoms with van der Waals surface area (Å²) in [5, 5.41) is 0. The van der Waals surface area contributed by atoms with Gasteiger partial charge in [0.2, 0.25) is 11.8 Å². The summed E-state index contributed by atoms with van der Waals surface area (Å²) >= 11 is 0. The maximum absolute atomic E-state index is 11.6. The fourth-order valence-electron chi connectivity index (χ4n) is 1.69. The summed E-state index contributed by atoms with van der Waals surface area (Å²) in [6, 6.07) is -0.459. The Balaban J connectivity index is 2.40. The highest BCUT2D eigenvalue weighted by Gasteiger charge is 2.32. The molecule has 86 valence electrons. The average molecular weight is 215 g/mol. The SMILES string of the molecule is NCCOCC(=O)N1CCCC1C(N)=O. The van der Waals surface area contributed by atoms with Crippen LogP contribution >= 0.6 is 0 Å². The van der Waals surface area contributed by atoms with Crippen molar-refractivity contribution in [1.82, 2.24) is 4.90 Å². The minimum Gasteiger partial charge on any atom is -0.370 e. The number of hydrogen-bond acceptors (Lipinski definition) is 4. The smallest absolute Gasteiger partial charge is 0.249 e. The number of nitrogens with two attached hydrogens (primary N) is 2. The largest absolute Gasteiger partial charge is 0.370 e. The topological polar surface area (TPSA) is 98.7 Å². The van der Waals surface area contributed by atoms with Gasteiger partial charge in [0.1, 0.15) is 12.6 Å². The van der Waals surface area contributed by atoms with Crippen molar-refractivity contribution >= 4 is 11.8 Å². The van der Waals surface area contributed by atoms with Gasteiger partial charge in [0.15, 0.2) is 0 Å². The van der Waals surface area contributed by atoms with Crippen molar-refractivity contribution in [2.75, 3.05) is 26.3 Å². The van der Waals surface area contributed by atoms with Gasteiger partial charge < -0.3 is 21.1 Å². The Labute approximate surface area is 88.5 Å². The molecule has 0 saturated carbocycles. The molecule has 1 atom stereocenters. The molecule has 0 bridgehead atoms. The number of hydrogen-bond donors (Lipinski definition) is 2. The summed E-state index contributed by atoms with van der Waals surface area (Å²) < 4.78 is 5.02. The van der Waals surface area contributed by atoms with Crippen molar-refractivity contribution in [2.45, 2.75) is 18.9 Å². The van der Waals surface area contributed by atoms with Gasteiger partial charge in [0.05, 0.1) is 6.61 Å². The van der Waals surface area contributed by atoms with E-state index in [1.165, 1.54) is 4.90 Å². The first kappa shape index (κ1) is 11.9. The number of amides is 2. The van der Waals surface area contributed by atoms with Crippen LogP contribution in [0.15, 0.2) is 0 Å². The van der Waals surface area contributed by atoms with Crippen molar-refractivity contribution in [1.29, 1.82) is 0 Å². The van der Waals surface area contributed by atoms with Gasteiger partial charge in [0.25, 0.3) is 0 Å². The first-order valence-corrected chi connectivity index (χ1v) is 5.03. The van der Waals surface area contributed by atoms with Crippen LogP contribution in [0.3, 0.4) is 0 Å². The van der Waals surface area contributed by atoms with E-state index in [-0.39, 0.29) is 12.5 Å². The summed E-state index contributed by atoms with van der Waals surface area (Å²) in [4.78, 5) is 24.1. The molecule has 2 amide bonds. The number of carbonyl (C=O) groups is 2. The normalized spacial score (nSPS) is 20.6. The van der Waals surface area contributed by atoms with Crippen LogP contribution in [0.2, 0.25) is 0 Å². The molecule has 1 rings (SSSR count). The number of rotatable bonds is 5. The molecular formula is C9H17N3O3. The molecule has 1 unspecified atom stereocenters. The van der Waals surface area contributed by atoms with Gasteiger partial charge in [-0.2, -0.15) is 0 Å². The zero-order chi connectivity index (χ0) is 11.3. The van der Waals surface area contributed by atoms with E-state index in [9.17, 15) is 9.59 Å². The molecule has 0 aromatic carbocycles. The van der Waals surface area contributed by atoms with Gasteiger partial charge in [-0.3, -0.25) is 9.59 Å². The van der Waals surface area contributed by atoms with E-state index in [1.807, 2.05) is 0 Å². The molecule has 1 saturated heterocycles. The van der Waals surface area contributed by atoms with E-state index in [1.54, 1.807) is 0 Å². The average Bonchev–Trinajstić information content (AvgIpc) is 2.66. The van der Waals surface area contributed by atoms with Crippen LogP contribution in [0.4, 0.5) is 0 Å². The summed E-state index contributed by atoms with van der Waals surface area (Å²) in [5.74, 6) is -0.635. The van der Waals surface area contributed by atoms with Crippen molar-refractivity contribution < 1.29 is 14.3 Å². The highest BCUT2D eigenvalue weighted by atomic mass is 16.5. The minimum atomic E-state index is -0.459. The van der Waals surface area contributed by atoms with E-state index in [4.69, 9.17) is 16.2 Å². The molecular weight excluding hydrogens is 198 g/mol. The molecule has 0 spiro atoms. The lowest BCUT2D eigenvalue weighted by molar-refractivity contribution is -0.141. The molecule has 4 N–H and O–H groups in total. The molecule has 6 nitrogen and oxygen atoms in total. The van der Waals surface area contributed by atoms with Gasteiger partial charge in [-0.05, 0) is 12.8 Å². The maximum Gasteiger partial charge on any atom is 0.249 e. The quantitative estimate of drug-likeness (QED) is 0.542. The van der Waals surface area contributed by atoms with Crippen LogP contribution in [0, 0.1) is 0 Å². The lowest BCUT2D eigenvalue weighted by atomic mass is 10.2. The first-order chi connectivity index (χ1) is 7.16. The molecule has 1 aliphatic heterocycles. The van der Waals surface area contributed by atoms with Crippen LogP contribution in [-0.2, 0) is 14.3 Å². The summed E-state index contributed by atoms with van der Waals surface area (Å²) in [6.45, 7) is 1.28. The third-order valence-electron chi connectivity index (χ3n) is 2.39. The zero-order valence-corrected chi connectivity index (χ0v) is 8.65. The van der Waals surface area contributed by atoms with E-state index < -0.39 is 11.9 Å². The Morgan fingerprint density at radius 2 is 2.20 bits per heavy atom. The van der Waals surface area contributed by atoms with Crippen molar-refractivity contribution in [3.63, 3.8) is 0 Å². The Morgan fingerprint density at radius 1 is 1.47 bits per heavy atom. The number of nitrogens with zero attached hydrogens (tertiary/aromatic N) is 1. The molecule has 0 aliphatic carbocycles. The van der Waals surface area contributed by atoms with Crippen LogP contribution in [0.25, 0.3) is 0 Å². The Bertz CT molecular complexity index is 245. The van der Waals surface area contributed by atoms with Gasteiger partial charge >= 0.3 is 0 Å². The van der Waals surface area contributed by atoms with Crippen molar-refractivity contribution in [3.05, 3.63) is 0 Å². The molecule has 1 heterocycles. The highest BCUT2D eigenvalue weighted by Crippen LogP contribution is 2.16. The second-order valence-electron chi connectivity index (χ2n) is 3.49. The van der Waals surface area contributed by atoms with E-state index in [0.717, 1.165) is 6.42 Å². The maximum atomic E-state index is 11.6. The molecule has 6 heteroatoms. The molecule has 15 heavy (non-hydrogen) atoms. The van der Waals surface area contributed by atoms with Gasteiger partial charge in [-0.25, -0.2) is 0 Å². The van der Waals surface area contributed by atoms with Crippen LogP contribution in [0.1, 0.15) is 12.8 Å². The van der Waals surface area contributed by atoms with Gasteiger partial charge in [0, 0.05) is 13.1 Å². The standard InChI is InChI=1S/C9H17N3O3/c10-3-5-15-6-8(13)12-4-1-2-7(12)9(11)14/h7H,1-6,10H2,(H2,11,14). The molecule has 1 fully saturated rings. The number of likely N-dealkylation sites (tertiary alicyclic amines) is 1. The summed E-state index contributed by atoms with van der Waals surface area (Å²) in [6.07, 6.45) is 1.47. The number of carbonyl (C=O) groups excluding carboxylic acids is 2. The third-order valence-corrected chi connectivity index (χ3v) is 2.39. The van der Waals surface area contributed by atoms with Gasteiger partial charge in [-0.1, -0.05) is 0 Å². The van der Waals surface area contributed by atoms with Crippen molar-refractivity contribution in [2.24, 2.45) is 11.5 Å². The predicted molar refractivity (Wildman–Crippen MR) is 53.8 cm³/mol. The number of ether oxygens (including phenoxy) is 1. The molecule has 1 aliphatic rings. The minimum absolute atomic E-state index is 0.0268. The van der Waals surface area contributed by atoms with Crippen LogP contribution in [0.5, 0.6) is 0 Å². The Morgan fingerprint density at radius 3 is 2.80 bits per heavy atom. The fourth-order valence-corrected chi connectivity index (χ4v) is 1.69. The second kappa shape index (κ2) is 5.67. The summed E-state index contributed by atoms with van der Waals surface area (Å²) in [5.41, 5.74) is 10.4. The highest BCUT2D eigenvalue weighted by molar-refractivity contribution is 5.87. The fraction of sp³-hybridized carbons (Fsp3) is 0.778. The first-order valence-electron chi connectivity index (χ1n) is 5.03. The van der Waals surface area contributed by atoms with Crippen molar-refractivity contribution in [3.8, 4) is 0 Å². The summed E-state index contributed by atoms with van der Waals surface area (Å²) in [7, 11) is 0.